The van der Waals surface area contributed by atoms with E-state index in [1.165, 1.54) is 17.6 Å². The van der Waals surface area contributed by atoms with Crippen molar-refractivity contribution in [2.75, 3.05) is 5.32 Å². The lowest BCUT2D eigenvalue weighted by Crippen LogP contribution is -2.27. The average Bonchev–Trinajstić information content (AvgIpc) is 3.17. The molecule has 23 heavy (non-hydrogen) atoms. The summed E-state index contributed by atoms with van der Waals surface area (Å²) >= 11 is 7.09. The van der Waals surface area contributed by atoms with Crippen molar-refractivity contribution in [3.05, 3.63) is 40.2 Å². The maximum atomic E-state index is 12.1. The Bertz CT molecular complexity index is 777. The number of aromatic carboxylic acids is 1. The molecule has 1 aromatic carbocycles. The van der Waals surface area contributed by atoms with Crippen LogP contribution in [0.4, 0.5) is 5.69 Å². The number of amides is 1. The standard InChI is InChI=1S/C15H11ClN2O4S/c16-9-3-1-8(2-4-9)13-12(15(20)21)10(7-23-13)18-14(19)11-5-6-17-22-11/h1-4,6-7,11H,5H2,(H,18,19)(H,20,21). The van der Waals surface area contributed by atoms with Crippen molar-refractivity contribution in [2.24, 2.45) is 5.16 Å². The smallest absolute Gasteiger partial charge is 0.339 e. The molecule has 0 fully saturated rings. The van der Waals surface area contributed by atoms with Gasteiger partial charge in [-0.3, -0.25) is 4.79 Å². The van der Waals surface area contributed by atoms with E-state index in [4.69, 9.17) is 16.4 Å². The number of nitrogens with zero attached hydrogens (tertiary/aromatic N) is 1. The highest BCUT2D eigenvalue weighted by atomic mass is 35.5. The number of benzene rings is 1. The predicted octanol–water partition coefficient (Wildman–Crippen LogP) is 3.48. The second-order valence-corrected chi connectivity index (χ2v) is 6.09. The van der Waals surface area contributed by atoms with Crippen molar-refractivity contribution in [2.45, 2.75) is 12.5 Å². The number of thiophene rings is 1. The Morgan fingerprint density at radius 3 is 2.70 bits per heavy atom. The summed E-state index contributed by atoms with van der Waals surface area (Å²) < 4.78 is 0. The first kappa shape index (κ1) is 15.5. The second-order valence-electron chi connectivity index (χ2n) is 4.77. The van der Waals surface area contributed by atoms with E-state index < -0.39 is 18.0 Å². The van der Waals surface area contributed by atoms with Crippen LogP contribution in [-0.2, 0) is 9.63 Å². The monoisotopic (exact) mass is 350 g/mol. The Hall–Kier alpha value is -2.38. The van der Waals surface area contributed by atoms with Gasteiger partial charge in [0.05, 0.1) is 10.6 Å². The van der Waals surface area contributed by atoms with Crippen LogP contribution in [0.5, 0.6) is 0 Å². The van der Waals surface area contributed by atoms with Crippen LogP contribution in [0, 0.1) is 0 Å². The summed E-state index contributed by atoms with van der Waals surface area (Å²) in [6.07, 6.45) is 1.13. The highest BCUT2D eigenvalue weighted by Gasteiger charge is 2.26. The molecule has 1 amide bonds. The van der Waals surface area contributed by atoms with Crippen LogP contribution in [-0.4, -0.2) is 29.3 Å². The van der Waals surface area contributed by atoms with Gasteiger partial charge in [0.2, 0.25) is 6.10 Å². The third kappa shape index (κ3) is 3.20. The summed E-state index contributed by atoms with van der Waals surface area (Å²) in [4.78, 5) is 29.1. The average molecular weight is 351 g/mol. The van der Waals surface area contributed by atoms with Crippen molar-refractivity contribution in [1.29, 1.82) is 0 Å². The van der Waals surface area contributed by atoms with Crippen molar-refractivity contribution in [1.82, 2.24) is 0 Å². The lowest BCUT2D eigenvalue weighted by molar-refractivity contribution is -0.125. The summed E-state index contributed by atoms with van der Waals surface area (Å²) in [5, 5.41) is 17.8. The maximum absolute atomic E-state index is 12.1. The summed E-state index contributed by atoms with van der Waals surface area (Å²) in [6.45, 7) is 0. The molecule has 0 saturated carbocycles. The third-order valence-electron chi connectivity index (χ3n) is 3.24. The fourth-order valence-electron chi connectivity index (χ4n) is 2.14. The van der Waals surface area contributed by atoms with E-state index in [0.29, 0.717) is 16.3 Å². The topological polar surface area (TPSA) is 88.0 Å². The number of nitrogens with one attached hydrogen (secondary N) is 1. The van der Waals surface area contributed by atoms with E-state index in [0.717, 1.165) is 5.56 Å². The number of hydrogen-bond acceptors (Lipinski definition) is 5. The van der Waals surface area contributed by atoms with E-state index in [1.54, 1.807) is 29.6 Å². The van der Waals surface area contributed by atoms with Crippen LogP contribution >= 0.6 is 22.9 Å². The third-order valence-corrected chi connectivity index (χ3v) is 4.52. The largest absolute Gasteiger partial charge is 0.478 e. The Kier molecular flexibility index (Phi) is 4.31. The predicted molar refractivity (Wildman–Crippen MR) is 88.3 cm³/mol. The Morgan fingerprint density at radius 2 is 2.09 bits per heavy atom. The molecule has 3 rings (SSSR count). The van der Waals surface area contributed by atoms with Crippen LogP contribution in [0.25, 0.3) is 10.4 Å². The fraction of sp³-hybridized carbons (Fsp3) is 0.133. The van der Waals surface area contributed by atoms with Gasteiger partial charge in [-0.15, -0.1) is 11.3 Å². The van der Waals surface area contributed by atoms with Gasteiger partial charge in [0.15, 0.2) is 0 Å². The van der Waals surface area contributed by atoms with Gasteiger partial charge in [0, 0.05) is 23.0 Å². The Balaban J connectivity index is 1.91. The van der Waals surface area contributed by atoms with Gasteiger partial charge >= 0.3 is 5.97 Å². The molecule has 1 atom stereocenters. The molecule has 2 heterocycles. The van der Waals surface area contributed by atoms with Crippen molar-refractivity contribution in [3.63, 3.8) is 0 Å². The van der Waals surface area contributed by atoms with Crippen LogP contribution in [0.2, 0.25) is 5.02 Å². The first-order valence-electron chi connectivity index (χ1n) is 6.65. The molecule has 0 radical (unpaired) electrons. The summed E-state index contributed by atoms with van der Waals surface area (Å²) in [6, 6.07) is 6.84. The van der Waals surface area contributed by atoms with Crippen LogP contribution in [0.1, 0.15) is 16.8 Å². The number of carbonyl (C=O) groups is 2. The van der Waals surface area contributed by atoms with Gasteiger partial charge in [-0.2, -0.15) is 0 Å². The van der Waals surface area contributed by atoms with E-state index in [2.05, 4.69) is 10.5 Å². The molecular weight excluding hydrogens is 340 g/mol. The summed E-state index contributed by atoms with van der Waals surface area (Å²) in [5.74, 6) is -1.54. The van der Waals surface area contributed by atoms with Crippen molar-refractivity contribution >= 4 is 46.7 Å². The maximum Gasteiger partial charge on any atom is 0.339 e. The molecule has 8 heteroatoms. The number of carboxylic acids is 1. The van der Waals surface area contributed by atoms with E-state index in [9.17, 15) is 14.7 Å². The molecule has 0 spiro atoms. The van der Waals surface area contributed by atoms with Gasteiger partial charge in [-0.1, -0.05) is 28.9 Å². The SMILES string of the molecule is O=C(O)c1c(NC(=O)C2CC=NO2)csc1-c1ccc(Cl)cc1. The van der Waals surface area contributed by atoms with E-state index in [1.807, 2.05) is 0 Å². The highest BCUT2D eigenvalue weighted by molar-refractivity contribution is 7.14. The second kappa shape index (κ2) is 6.39. The summed E-state index contributed by atoms with van der Waals surface area (Å²) in [5.41, 5.74) is 1.01. The van der Waals surface area contributed by atoms with Gasteiger partial charge in [0.1, 0.15) is 5.56 Å². The molecule has 1 aliphatic heterocycles. The molecule has 1 aromatic heterocycles. The van der Waals surface area contributed by atoms with Gasteiger partial charge in [0.25, 0.3) is 5.91 Å². The van der Waals surface area contributed by atoms with E-state index in [-0.39, 0.29) is 11.3 Å². The molecule has 2 N–H and O–H groups in total. The fourth-order valence-corrected chi connectivity index (χ4v) is 3.27. The van der Waals surface area contributed by atoms with Gasteiger partial charge in [-0.25, -0.2) is 4.79 Å². The number of oxime groups is 1. The Labute approximate surface area is 140 Å². The van der Waals surface area contributed by atoms with Gasteiger partial charge < -0.3 is 15.3 Å². The number of anilines is 1. The zero-order valence-corrected chi connectivity index (χ0v) is 13.2. The molecule has 6 nitrogen and oxygen atoms in total. The number of carbonyl (C=O) groups excluding carboxylic acids is 1. The molecule has 0 bridgehead atoms. The van der Waals surface area contributed by atoms with Crippen LogP contribution < -0.4 is 5.32 Å². The molecule has 118 valence electrons. The molecule has 0 saturated heterocycles. The van der Waals surface area contributed by atoms with Gasteiger partial charge in [-0.05, 0) is 17.7 Å². The zero-order chi connectivity index (χ0) is 16.4. The van der Waals surface area contributed by atoms with Crippen molar-refractivity contribution < 1.29 is 19.5 Å². The lowest BCUT2D eigenvalue weighted by Gasteiger charge is -2.09. The Morgan fingerprint density at radius 1 is 1.35 bits per heavy atom. The van der Waals surface area contributed by atoms with Crippen LogP contribution in [0.15, 0.2) is 34.8 Å². The normalized spacial score (nSPS) is 16.1. The molecule has 1 unspecified atom stereocenters. The van der Waals surface area contributed by atoms with Crippen molar-refractivity contribution in [3.8, 4) is 10.4 Å². The first-order valence-corrected chi connectivity index (χ1v) is 7.91. The van der Waals surface area contributed by atoms with Crippen LogP contribution in [0.3, 0.4) is 0 Å². The number of carboxylic acid groups (broad SMARTS) is 1. The van der Waals surface area contributed by atoms with E-state index >= 15 is 0 Å². The quantitative estimate of drug-likeness (QED) is 0.883. The minimum atomic E-state index is -1.12. The lowest BCUT2D eigenvalue weighted by atomic mass is 10.1. The zero-order valence-electron chi connectivity index (χ0n) is 11.7. The molecular formula is C15H11ClN2O4S. The minimum absolute atomic E-state index is 0.0459. The summed E-state index contributed by atoms with van der Waals surface area (Å²) in [7, 11) is 0. The number of rotatable bonds is 4. The minimum Gasteiger partial charge on any atom is -0.478 e. The number of hydrogen-bond donors (Lipinski definition) is 2. The molecule has 0 aliphatic carbocycles. The molecule has 1 aliphatic rings. The first-order chi connectivity index (χ1) is 11.1. The molecule has 2 aromatic rings. The highest BCUT2D eigenvalue weighted by Crippen LogP contribution is 2.36. The number of halogens is 1.